The van der Waals surface area contributed by atoms with Gasteiger partial charge in [0.25, 0.3) is 0 Å². The molecular formula is C6H8F5NO2. The Morgan fingerprint density at radius 3 is 2.07 bits per heavy atom. The van der Waals surface area contributed by atoms with Crippen molar-refractivity contribution in [2.75, 3.05) is 6.54 Å². The second kappa shape index (κ2) is 4.07. The number of aliphatic carboxylic acids is 1. The first kappa shape index (κ1) is 13.1. The SMILES string of the molecule is CC(NCC(F)(F)C(F)(F)F)C(=O)O. The second-order valence-electron chi connectivity index (χ2n) is 2.64. The van der Waals surface area contributed by atoms with Crippen LogP contribution in [0.2, 0.25) is 0 Å². The lowest BCUT2D eigenvalue weighted by Gasteiger charge is -2.21. The molecule has 0 aromatic heterocycles. The van der Waals surface area contributed by atoms with E-state index in [-0.39, 0.29) is 0 Å². The Balaban J connectivity index is 4.20. The zero-order valence-electron chi connectivity index (χ0n) is 7.03. The zero-order chi connectivity index (χ0) is 11.6. The molecule has 14 heavy (non-hydrogen) atoms. The lowest BCUT2D eigenvalue weighted by atomic mass is 10.3. The highest BCUT2D eigenvalue weighted by Crippen LogP contribution is 2.34. The van der Waals surface area contributed by atoms with Crippen molar-refractivity contribution in [3.63, 3.8) is 0 Å². The molecule has 0 aromatic carbocycles. The third-order valence-electron chi connectivity index (χ3n) is 1.42. The van der Waals surface area contributed by atoms with E-state index in [1.165, 1.54) is 0 Å². The lowest BCUT2D eigenvalue weighted by Crippen LogP contribution is -2.49. The number of halogens is 5. The van der Waals surface area contributed by atoms with Gasteiger partial charge in [0.05, 0.1) is 6.54 Å². The number of hydrogen-bond acceptors (Lipinski definition) is 2. The number of rotatable bonds is 4. The number of alkyl halides is 5. The number of carboxylic acids is 1. The summed E-state index contributed by atoms with van der Waals surface area (Å²) in [6, 6.07) is -1.46. The minimum atomic E-state index is -5.67. The first-order valence-corrected chi connectivity index (χ1v) is 3.48. The molecule has 8 heteroatoms. The fourth-order valence-electron chi connectivity index (χ4n) is 0.469. The van der Waals surface area contributed by atoms with Crippen LogP contribution < -0.4 is 5.32 Å². The van der Waals surface area contributed by atoms with Gasteiger partial charge in [-0.1, -0.05) is 0 Å². The average molecular weight is 221 g/mol. The molecule has 0 saturated heterocycles. The van der Waals surface area contributed by atoms with Crippen LogP contribution in [0.25, 0.3) is 0 Å². The van der Waals surface area contributed by atoms with Gasteiger partial charge in [-0.2, -0.15) is 22.0 Å². The van der Waals surface area contributed by atoms with E-state index >= 15 is 0 Å². The maximum Gasteiger partial charge on any atom is 0.454 e. The molecule has 0 bridgehead atoms. The molecule has 0 aliphatic rings. The highest BCUT2D eigenvalue weighted by Gasteiger charge is 2.57. The van der Waals surface area contributed by atoms with Crippen LogP contribution in [0.4, 0.5) is 22.0 Å². The smallest absolute Gasteiger partial charge is 0.454 e. The van der Waals surface area contributed by atoms with Crippen LogP contribution in [0.3, 0.4) is 0 Å². The number of nitrogens with one attached hydrogen (secondary N) is 1. The second-order valence-corrected chi connectivity index (χ2v) is 2.64. The van der Waals surface area contributed by atoms with E-state index in [4.69, 9.17) is 5.11 Å². The quantitative estimate of drug-likeness (QED) is 0.702. The molecular weight excluding hydrogens is 213 g/mol. The van der Waals surface area contributed by atoms with Gasteiger partial charge in [-0.15, -0.1) is 0 Å². The summed E-state index contributed by atoms with van der Waals surface area (Å²) in [5, 5.41) is 9.75. The number of carboxylic acid groups (broad SMARTS) is 1. The largest absolute Gasteiger partial charge is 0.480 e. The third-order valence-corrected chi connectivity index (χ3v) is 1.42. The molecule has 0 heterocycles. The maximum absolute atomic E-state index is 12.2. The first-order valence-electron chi connectivity index (χ1n) is 3.48. The minimum Gasteiger partial charge on any atom is -0.480 e. The van der Waals surface area contributed by atoms with Gasteiger partial charge in [-0.25, -0.2) is 0 Å². The van der Waals surface area contributed by atoms with E-state index in [0.29, 0.717) is 0 Å². The van der Waals surface area contributed by atoms with Crippen molar-refractivity contribution >= 4 is 5.97 Å². The molecule has 0 spiro atoms. The molecule has 1 atom stereocenters. The summed E-state index contributed by atoms with van der Waals surface area (Å²) in [4.78, 5) is 10.1. The van der Waals surface area contributed by atoms with Gasteiger partial charge >= 0.3 is 18.1 Å². The van der Waals surface area contributed by atoms with Crippen molar-refractivity contribution in [3.8, 4) is 0 Å². The van der Waals surface area contributed by atoms with Crippen LogP contribution >= 0.6 is 0 Å². The predicted molar refractivity (Wildman–Crippen MR) is 36.1 cm³/mol. The molecule has 2 N–H and O–H groups in total. The van der Waals surface area contributed by atoms with Crippen LogP contribution in [0.1, 0.15) is 6.92 Å². The van der Waals surface area contributed by atoms with E-state index in [0.717, 1.165) is 6.92 Å². The molecule has 0 amide bonds. The molecule has 0 aromatic rings. The van der Waals surface area contributed by atoms with Gasteiger partial charge in [0, 0.05) is 0 Å². The Morgan fingerprint density at radius 1 is 1.36 bits per heavy atom. The van der Waals surface area contributed by atoms with Crippen LogP contribution in [-0.4, -0.2) is 35.8 Å². The fourth-order valence-corrected chi connectivity index (χ4v) is 0.469. The van der Waals surface area contributed by atoms with Crippen molar-refractivity contribution in [2.24, 2.45) is 0 Å². The van der Waals surface area contributed by atoms with Gasteiger partial charge in [-0.05, 0) is 6.92 Å². The van der Waals surface area contributed by atoms with Crippen molar-refractivity contribution in [3.05, 3.63) is 0 Å². The Labute approximate surface area is 75.9 Å². The van der Waals surface area contributed by atoms with Crippen LogP contribution in [0.15, 0.2) is 0 Å². The monoisotopic (exact) mass is 221 g/mol. The molecule has 0 fully saturated rings. The minimum absolute atomic E-state index is 0.967. The fraction of sp³-hybridized carbons (Fsp3) is 0.833. The van der Waals surface area contributed by atoms with E-state index in [9.17, 15) is 26.7 Å². The van der Waals surface area contributed by atoms with E-state index in [1.54, 1.807) is 5.32 Å². The molecule has 3 nitrogen and oxygen atoms in total. The maximum atomic E-state index is 12.2. The van der Waals surface area contributed by atoms with Gasteiger partial charge in [0.2, 0.25) is 0 Å². The highest BCUT2D eigenvalue weighted by atomic mass is 19.4. The van der Waals surface area contributed by atoms with Crippen molar-refractivity contribution < 1.29 is 31.9 Å². The lowest BCUT2D eigenvalue weighted by molar-refractivity contribution is -0.279. The summed E-state index contributed by atoms with van der Waals surface area (Å²) in [6.07, 6.45) is -5.67. The van der Waals surface area contributed by atoms with Crippen LogP contribution in [-0.2, 0) is 4.79 Å². The van der Waals surface area contributed by atoms with Gasteiger partial charge in [-0.3, -0.25) is 10.1 Å². The molecule has 0 aliphatic heterocycles. The summed E-state index contributed by atoms with van der Waals surface area (Å²) in [5.41, 5.74) is 0. The molecule has 1 unspecified atom stereocenters. The van der Waals surface area contributed by atoms with Gasteiger partial charge in [0.15, 0.2) is 0 Å². The highest BCUT2D eigenvalue weighted by molar-refractivity contribution is 5.72. The van der Waals surface area contributed by atoms with Crippen molar-refractivity contribution in [1.29, 1.82) is 0 Å². The Bertz CT molecular complexity index is 215. The molecule has 0 aliphatic carbocycles. The Kier molecular flexibility index (Phi) is 3.81. The predicted octanol–water partition coefficient (Wildman–Crippen LogP) is 1.25. The number of carbonyl (C=O) groups is 1. The molecule has 0 saturated carbocycles. The molecule has 0 rings (SSSR count). The van der Waals surface area contributed by atoms with E-state index in [2.05, 4.69) is 0 Å². The summed E-state index contributed by atoms with van der Waals surface area (Å²) >= 11 is 0. The van der Waals surface area contributed by atoms with E-state index in [1.807, 2.05) is 0 Å². The molecule has 84 valence electrons. The Hall–Kier alpha value is -0.920. The van der Waals surface area contributed by atoms with Gasteiger partial charge in [0.1, 0.15) is 6.04 Å². The summed E-state index contributed by atoms with van der Waals surface area (Å²) in [7, 11) is 0. The van der Waals surface area contributed by atoms with Gasteiger partial charge < -0.3 is 5.11 Å². The van der Waals surface area contributed by atoms with Crippen LogP contribution in [0, 0.1) is 0 Å². The summed E-state index contributed by atoms with van der Waals surface area (Å²) in [6.45, 7) is -0.779. The average Bonchev–Trinajstić information content (AvgIpc) is 1.97. The standard InChI is InChI=1S/C6H8F5NO2/c1-3(4(13)14)12-2-5(7,8)6(9,10)11/h3,12H,2H2,1H3,(H,13,14). The summed E-state index contributed by atoms with van der Waals surface area (Å²) < 4.78 is 59.0. The topological polar surface area (TPSA) is 49.3 Å². The third kappa shape index (κ3) is 3.44. The first-order chi connectivity index (χ1) is 6.08. The van der Waals surface area contributed by atoms with E-state index < -0.39 is 30.7 Å². The zero-order valence-corrected chi connectivity index (χ0v) is 7.03. The van der Waals surface area contributed by atoms with Crippen molar-refractivity contribution in [2.45, 2.75) is 25.1 Å². The summed E-state index contributed by atoms with van der Waals surface area (Å²) in [5.74, 6) is -6.42. The molecule has 0 radical (unpaired) electrons. The van der Waals surface area contributed by atoms with Crippen LogP contribution in [0.5, 0.6) is 0 Å². The normalized spacial score (nSPS) is 15.3. The van der Waals surface area contributed by atoms with Crippen molar-refractivity contribution in [1.82, 2.24) is 5.32 Å². The Morgan fingerprint density at radius 2 is 1.79 bits per heavy atom. The number of hydrogen-bond donors (Lipinski definition) is 2.